The Labute approximate surface area is 160 Å². The number of amides is 1. The van der Waals surface area contributed by atoms with E-state index in [-0.39, 0.29) is 19.1 Å². The van der Waals surface area contributed by atoms with Crippen molar-refractivity contribution in [3.63, 3.8) is 0 Å². The van der Waals surface area contributed by atoms with Gasteiger partial charge in [0.1, 0.15) is 5.60 Å². The first-order chi connectivity index (χ1) is 12.9. The Morgan fingerprint density at radius 3 is 2.56 bits per heavy atom. The average molecular weight is 363 g/mol. The van der Waals surface area contributed by atoms with E-state index in [0.29, 0.717) is 17.7 Å². The summed E-state index contributed by atoms with van der Waals surface area (Å²) in [5.74, 6) is 5.45. The minimum absolute atomic E-state index is 0.108. The monoisotopic (exact) mass is 363 g/mol. The van der Waals surface area contributed by atoms with Crippen LogP contribution in [0.15, 0.2) is 60.7 Å². The normalized spacial score (nSPS) is 11.1. The molecule has 0 unspecified atom stereocenters. The highest BCUT2D eigenvalue weighted by Crippen LogP contribution is 2.10. The zero-order chi connectivity index (χ0) is 19.7. The van der Waals surface area contributed by atoms with E-state index in [9.17, 15) is 15.0 Å². The summed E-state index contributed by atoms with van der Waals surface area (Å²) >= 11 is 0. The third-order valence-electron chi connectivity index (χ3n) is 3.72. The van der Waals surface area contributed by atoms with Crippen molar-refractivity contribution < 1.29 is 15.0 Å². The zero-order valence-electron chi connectivity index (χ0n) is 15.7. The van der Waals surface area contributed by atoms with E-state index >= 15 is 0 Å². The zero-order valence-corrected chi connectivity index (χ0v) is 15.7. The molecule has 140 valence electrons. The number of carbonyl (C=O) groups is 1. The molecule has 4 nitrogen and oxygen atoms in total. The van der Waals surface area contributed by atoms with Crippen LogP contribution in [0.1, 0.15) is 35.3 Å². The Kier molecular flexibility index (Phi) is 7.36. The molecule has 0 aliphatic carbocycles. The number of benzene rings is 2. The summed E-state index contributed by atoms with van der Waals surface area (Å²) in [6.45, 7) is 3.75. The summed E-state index contributed by atoms with van der Waals surface area (Å²) in [4.78, 5) is 14.4. The summed E-state index contributed by atoms with van der Waals surface area (Å²) in [5.41, 5.74) is 1.12. The lowest BCUT2D eigenvalue weighted by molar-refractivity contribution is 0.0743. The van der Waals surface area contributed by atoms with Gasteiger partial charge >= 0.3 is 0 Å². The fourth-order valence-corrected chi connectivity index (χ4v) is 2.41. The summed E-state index contributed by atoms with van der Waals surface area (Å²) in [6, 6.07) is 16.8. The number of hydrogen-bond donors (Lipinski definition) is 2. The maximum atomic E-state index is 12.8. The molecule has 0 bridgehead atoms. The standard InChI is InChI=1S/C23H25NO3/c1-23(2,27)14-13-20-10-6-12-21(18-20)22(26)24(16-17-25)15-7-11-19-8-4-3-5-9-19/h3-12,18,25,27H,15-17H2,1-2H3/b11-7+. The van der Waals surface area contributed by atoms with Crippen LogP contribution in [-0.4, -0.2) is 46.3 Å². The number of aliphatic hydroxyl groups excluding tert-OH is 1. The Morgan fingerprint density at radius 2 is 1.89 bits per heavy atom. The molecule has 27 heavy (non-hydrogen) atoms. The molecule has 2 aromatic rings. The second kappa shape index (κ2) is 9.72. The van der Waals surface area contributed by atoms with E-state index in [1.807, 2.05) is 42.5 Å². The van der Waals surface area contributed by atoms with Crippen molar-refractivity contribution in [2.75, 3.05) is 19.7 Å². The topological polar surface area (TPSA) is 60.8 Å². The first kappa shape index (κ1) is 20.4. The van der Waals surface area contributed by atoms with Crippen LogP contribution in [0, 0.1) is 11.8 Å². The summed E-state index contributed by atoms with van der Waals surface area (Å²) in [6.07, 6.45) is 3.85. The highest BCUT2D eigenvalue weighted by molar-refractivity contribution is 5.94. The maximum absolute atomic E-state index is 12.8. The van der Waals surface area contributed by atoms with E-state index in [2.05, 4.69) is 11.8 Å². The van der Waals surface area contributed by atoms with Gasteiger partial charge in [-0.3, -0.25) is 4.79 Å². The van der Waals surface area contributed by atoms with Gasteiger partial charge < -0.3 is 15.1 Å². The molecule has 2 aromatic carbocycles. The quantitative estimate of drug-likeness (QED) is 0.776. The van der Waals surface area contributed by atoms with Crippen LogP contribution < -0.4 is 0 Å². The van der Waals surface area contributed by atoms with Gasteiger partial charge in [-0.05, 0) is 37.6 Å². The van der Waals surface area contributed by atoms with Gasteiger partial charge in [-0.1, -0.05) is 60.4 Å². The highest BCUT2D eigenvalue weighted by Gasteiger charge is 2.14. The first-order valence-electron chi connectivity index (χ1n) is 8.86. The minimum atomic E-state index is -1.09. The number of carbonyl (C=O) groups excluding carboxylic acids is 1. The van der Waals surface area contributed by atoms with Gasteiger partial charge in [0.2, 0.25) is 0 Å². The lowest BCUT2D eigenvalue weighted by Crippen LogP contribution is -2.33. The molecule has 2 rings (SSSR count). The van der Waals surface area contributed by atoms with E-state index in [4.69, 9.17) is 0 Å². The summed E-state index contributed by atoms with van der Waals surface area (Å²) in [5, 5.41) is 19.0. The molecule has 2 N–H and O–H groups in total. The summed E-state index contributed by atoms with van der Waals surface area (Å²) in [7, 11) is 0. The van der Waals surface area contributed by atoms with Gasteiger partial charge in [0, 0.05) is 24.2 Å². The van der Waals surface area contributed by atoms with Crippen molar-refractivity contribution in [1.82, 2.24) is 4.90 Å². The predicted octanol–water partition coefficient (Wildman–Crippen LogP) is 2.96. The maximum Gasteiger partial charge on any atom is 0.254 e. The molecule has 0 aliphatic rings. The van der Waals surface area contributed by atoms with Gasteiger partial charge in [0.05, 0.1) is 6.61 Å². The largest absolute Gasteiger partial charge is 0.395 e. The Balaban J connectivity index is 2.13. The first-order valence-corrected chi connectivity index (χ1v) is 8.86. The van der Waals surface area contributed by atoms with Crippen LogP contribution in [-0.2, 0) is 0 Å². The molecular weight excluding hydrogens is 338 g/mol. The predicted molar refractivity (Wildman–Crippen MR) is 108 cm³/mol. The van der Waals surface area contributed by atoms with Gasteiger partial charge in [0.15, 0.2) is 0 Å². The van der Waals surface area contributed by atoms with Crippen LogP contribution in [0.25, 0.3) is 6.08 Å². The summed E-state index contributed by atoms with van der Waals surface area (Å²) < 4.78 is 0. The lowest BCUT2D eigenvalue weighted by Gasteiger charge is -2.20. The average Bonchev–Trinajstić information content (AvgIpc) is 2.66. The van der Waals surface area contributed by atoms with Gasteiger partial charge in [0.25, 0.3) is 5.91 Å². The highest BCUT2D eigenvalue weighted by atomic mass is 16.3. The number of aliphatic hydroxyl groups is 2. The number of nitrogens with zero attached hydrogens (tertiary/aromatic N) is 1. The van der Waals surface area contributed by atoms with E-state index in [0.717, 1.165) is 5.56 Å². The van der Waals surface area contributed by atoms with Crippen LogP contribution in [0.3, 0.4) is 0 Å². The second-order valence-electron chi connectivity index (χ2n) is 6.68. The van der Waals surface area contributed by atoms with Crippen molar-refractivity contribution >= 4 is 12.0 Å². The van der Waals surface area contributed by atoms with Crippen LogP contribution in [0.4, 0.5) is 0 Å². The molecular formula is C23H25NO3. The molecule has 0 aromatic heterocycles. The molecule has 0 radical (unpaired) electrons. The van der Waals surface area contributed by atoms with Crippen molar-refractivity contribution in [1.29, 1.82) is 0 Å². The van der Waals surface area contributed by atoms with Crippen molar-refractivity contribution in [2.24, 2.45) is 0 Å². The molecule has 0 heterocycles. The third kappa shape index (κ3) is 7.10. The van der Waals surface area contributed by atoms with Crippen molar-refractivity contribution in [3.05, 3.63) is 77.4 Å². The van der Waals surface area contributed by atoms with Gasteiger partial charge in [-0.2, -0.15) is 0 Å². The van der Waals surface area contributed by atoms with Gasteiger partial charge in [-0.15, -0.1) is 0 Å². The number of hydrogen-bond acceptors (Lipinski definition) is 3. The lowest BCUT2D eigenvalue weighted by atomic mass is 10.1. The molecule has 1 amide bonds. The molecule has 0 saturated heterocycles. The SMILES string of the molecule is CC(C)(O)C#Cc1cccc(C(=O)N(C/C=C/c2ccccc2)CCO)c1. The van der Waals surface area contributed by atoms with Gasteiger partial charge in [-0.25, -0.2) is 0 Å². The molecule has 0 fully saturated rings. The van der Waals surface area contributed by atoms with Crippen LogP contribution in [0.2, 0.25) is 0 Å². The third-order valence-corrected chi connectivity index (χ3v) is 3.72. The molecule has 0 spiro atoms. The van der Waals surface area contributed by atoms with Crippen molar-refractivity contribution in [3.8, 4) is 11.8 Å². The Morgan fingerprint density at radius 1 is 1.15 bits per heavy atom. The Bertz CT molecular complexity index is 839. The smallest absolute Gasteiger partial charge is 0.254 e. The van der Waals surface area contributed by atoms with Crippen LogP contribution in [0.5, 0.6) is 0 Å². The molecule has 4 heteroatoms. The minimum Gasteiger partial charge on any atom is -0.395 e. The Hall–Kier alpha value is -2.87. The van der Waals surface area contributed by atoms with Crippen LogP contribution >= 0.6 is 0 Å². The second-order valence-corrected chi connectivity index (χ2v) is 6.68. The van der Waals surface area contributed by atoms with E-state index in [1.165, 1.54) is 0 Å². The van der Waals surface area contributed by atoms with E-state index in [1.54, 1.807) is 43.0 Å². The fourth-order valence-electron chi connectivity index (χ4n) is 2.41. The molecule has 0 saturated carbocycles. The van der Waals surface area contributed by atoms with E-state index < -0.39 is 5.60 Å². The number of rotatable bonds is 6. The molecule has 0 aliphatic heterocycles. The molecule has 0 atom stereocenters. The fraction of sp³-hybridized carbons (Fsp3) is 0.261. The van der Waals surface area contributed by atoms with Crippen molar-refractivity contribution in [2.45, 2.75) is 19.4 Å².